The van der Waals surface area contributed by atoms with Gasteiger partial charge in [-0.25, -0.2) is 4.68 Å². The molecule has 2 aromatic rings. The number of aromatic nitrogens is 3. The van der Waals surface area contributed by atoms with E-state index in [0.29, 0.717) is 18.5 Å². The summed E-state index contributed by atoms with van der Waals surface area (Å²) in [4.78, 5) is 38.1. The molecule has 0 bridgehead atoms. The number of aryl methyl sites for hydroxylation is 1. The average molecular weight is 382 g/mol. The normalized spacial score (nSPS) is 19.1. The summed E-state index contributed by atoms with van der Waals surface area (Å²) in [5.41, 5.74) is 3.06. The van der Waals surface area contributed by atoms with Gasteiger partial charge in [0.2, 0.25) is 11.8 Å². The van der Waals surface area contributed by atoms with Crippen LogP contribution in [0.1, 0.15) is 40.9 Å². The van der Waals surface area contributed by atoms with Gasteiger partial charge < -0.3 is 10.2 Å². The predicted molar refractivity (Wildman–Crippen MR) is 99.7 cm³/mol. The van der Waals surface area contributed by atoms with Gasteiger partial charge in [-0.2, -0.15) is 0 Å². The van der Waals surface area contributed by atoms with E-state index in [1.165, 1.54) is 0 Å². The van der Waals surface area contributed by atoms with Crippen molar-refractivity contribution in [1.29, 1.82) is 0 Å². The Balaban J connectivity index is 1.58. The van der Waals surface area contributed by atoms with E-state index in [0.717, 1.165) is 36.3 Å². The monoisotopic (exact) mass is 382 g/mol. The van der Waals surface area contributed by atoms with Crippen LogP contribution in [0.15, 0.2) is 24.4 Å². The summed E-state index contributed by atoms with van der Waals surface area (Å²) in [5.74, 6) is -0.897. The van der Waals surface area contributed by atoms with Gasteiger partial charge in [0, 0.05) is 24.1 Å². The Kier molecular flexibility index (Phi) is 4.91. The van der Waals surface area contributed by atoms with Crippen LogP contribution in [0.25, 0.3) is 5.69 Å². The summed E-state index contributed by atoms with van der Waals surface area (Å²) in [6, 6.07) is 4.84. The zero-order valence-corrected chi connectivity index (χ0v) is 15.6. The molecule has 0 radical (unpaired) electrons. The average Bonchev–Trinajstić information content (AvgIpc) is 3.27. The van der Waals surface area contributed by atoms with Crippen molar-refractivity contribution in [2.75, 3.05) is 13.6 Å². The lowest BCUT2D eigenvalue weighted by molar-refractivity contribution is -0.136. The molecule has 9 heteroatoms. The number of rotatable bonds is 6. The van der Waals surface area contributed by atoms with Gasteiger partial charge in [-0.05, 0) is 45.0 Å². The number of piperidine rings is 1. The van der Waals surface area contributed by atoms with Crippen LogP contribution in [0, 0.1) is 0 Å². The SMILES string of the molecule is CNCCCc1cn(-c2cccc3c2CN(C2CCC(=O)NC2=O)C3=O)nn1. The fraction of sp³-hybridized carbons (Fsp3) is 0.421. The maximum absolute atomic E-state index is 12.9. The molecule has 1 atom stereocenters. The Morgan fingerprint density at radius 3 is 2.93 bits per heavy atom. The van der Waals surface area contributed by atoms with E-state index in [9.17, 15) is 14.4 Å². The minimum absolute atomic E-state index is 0.194. The van der Waals surface area contributed by atoms with Crippen molar-refractivity contribution in [2.24, 2.45) is 0 Å². The third-order valence-electron chi connectivity index (χ3n) is 5.20. The lowest BCUT2D eigenvalue weighted by Crippen LogP contribution is -2.52. The highest BCUT2D eigenvalue weighted by Crippen LogP contribution is 2.31. The van der Waals surface area contributed by atoms with E-state index in [-0.39, 0.29) is 18.2 Å². The van der Waals surface area contributed by atoms with Gasteiger partial charge in [0.05, 0.1) is 17.6 Å². The van der Waals surface area contributed by atoms with Crippen LogP contribution in [-0.4, -0.2) is 57.2 Å². The van der Waals surface area contributed by atoms with Crippen LogP contribution in [0.3, 0.4) is 0 Å². The van der Waals surface area contributed by atoms with Gasteiger partial charge in [-0.1, -0.05) is 11.3 Å². The molecule has 1 unspecified atom stereocenters. The van der Waals surface area contributed by atoms with Crippen molar-refractivity contribution in [2.45, 2.75) is 38.3 Å². The van der Waals surface area contributed by atoms with Gasteiger partial charge in [0.25, 0.3) is 5.91 Å². The topological polar surface area (TPSA) is 109 Å². The first-order chi connectivity index (χ1) is 13.6. The molecule has 1 aromatic carbocycles. The molecule has 1 fully saturated rings. The highest BCUT2D eigenvalue weighted by molar-refractivity contribution is 6.05. The van der Waals surface area contributed by atoms with E-state index in [4.69, 9.17) is 0 Å². The minimum Gasteiger partial charge on any atom is -0.322 e. The van der Waals surface area contributed by atoms with E-state index in [1.54, 1.807) is 15.6 Å². The summed E-state index contributed by atoms with van der Waals surface area (Å²) in [6.45, 7) is 1.22. The fourth-order valence-corrected chi connectivity index (χ4v) is 3.76. The summed E-state index contributed by atoms with van der Waals surface area (Å²) < 4.78 is 1.69. The molecular formula is C19H22N6O3. The number of hydrogen-bond donors (Lipinski definition) is 2. The second-order valence-corrected chi connectivity index (χ2v) is 7.06. The molecule has 3 heterocycles. The predicted octanol–water partition coefficient (Wildman–Crippen LogP) is 0.180. The van der Waals surface area contributed by atoms with Crippen molar-refractivity contribution >= 4 is 17.7 Å². The zero-order valence-electron chi connectivity index (χ0n) is 15.6. The standard InChI is InChI=1S/C19H22N6O3/c1-20-9-3-4-12-10-25(23-22-12)15-6-2-5-13-14(15)11-24(19(13)28)16-7-8-17(26)21-18(16)27/h2,5-6,10,16,20H,3-4,7-9,11H2,1H3,(H,21,26,27). The van der Waals surface area contributed by atoms with Crippen molar-refractivity contribution in [3.8, 4) is 5.69 Å². The molecule has 2 aliphatic heterocycles. The third-order valence-corrected chi connectivity index (χ3v) is 5.20. The number of hydrogen-bond acceptors (Lipinski definition) is 6. The number of amides is 3. The zero-order chi connectivity index (χ0) is 19.7. The fourth-order valence-electron chi connectivity index (χ4n) is 3.76. The molecule has 3 amide bonds. The molecule has 0 aliphatic carbocycles. The van der Waals surface area contributed by atoms with Gasteiger partial charge >= 0.3 is 0 Å². The molecular weight excluding hydrogens is 360 g/mol. The van der Waals surface area contributed by atoms with E-state index < -0.39 is 11.9 Å². The molecule has 0 saturated carbocycles. The van der Waals surface area contributed by atoms with Crippen molar-refractivity contribution in [3.63, 3.8) is 0 Å². The van der Waals surface area contributed by atoms with Crippen LogP contribution >= 0.6 is 0 Å². The lowest BCUT2D eigenvalue weighted by Gasteiger charge is -2.29. The number of benzene rings is 1. The molecule has 146 valence electrons. The van der Waals surface area contributed by atoms with Gasteiger partial charge in [-0.3, -0.25) is 19.7 Å². The van der Waals surface area contributed by atoms with Crippen molar-refractivity contribution in [1.82, 2.24) is 30.5 Å². The summed E-state index contributed by atoms with van der Waals surface area (Å²) in [5, 5.41) is 13.9. The van der Waals surface area contributed by atoms with Crippen molar-refractivity contribution < 1.29 is 14.4 Å². The number of nitrogens with zero attached hydrogens (tertiary/aromatic N) is 4. The number of carbonyl (C=O) groups is 3. The lowest BCUT2D eigenvalue weighted by atomic mass is 10.0. The van der Waals surface area contributed by atoms with Crippen molar-refractivity contribution in [3.05, 3.63) is 41.2 Å². The Bertz CT molecular complexity index is 938. The maximum atomic E-state index is 12.9. The van der Waals surface area contributed by atoms with Gasteiger partial charge in [0.1, 0.15) is 6.04 Å². The van der Waals surface area contributed by atoms with Crippen LogP contribution < -0.4 is 10.6 Å². The number of fused-ring (bicyclic) bond motifs is 1. The third kappa shape index (κ3) is 3.29. The van der Waals surface area contributed by atoms with E-state index in [2.05, 4.69) is 20.9 Å². The molecule has 1 saturated heterocycles. The molecule has 1 aromatic heterocycles. The van der Waals surface area contributed by atoms with Crippen LogP contribution in [0.5, 0.6) is 0 Å². The van der Waals surface area contributed by atoms with Crippen LogP contribution in [0.4, 0.5) is 0 Å². The summed E-state index contributed by atoms with van der Waals surface area (Å²) in [6.07, 6.45) is 4.24. The minimum atomic E-state index is -0.627. The summed E-state index contributed by atoms with van der Waals surface area (Å²) in [7, 11) is 1.91. The number of nitrogens with one attached hydrogen (secondary N) is 2. The first kappa shape index (κ1) is 18.3. The molecule has 9 nitrogen and oxygen atoms in total. The Labute approximate surface area is 162 Å². The Morgan fingerprint density at radius 1 is 1.29 bits per heavy atom. The summed E-state index contributed by atoms with van der Waals surface area (Å²) >= 11 is 0. The molecule has 4 rings (SSSR count). The van der Waals surface area contributed by atoms with Gasteiger partial charge in [-0.15, -0.1) is 5.10 Å². The highest BCUT2D eigenvalue weighted by Gasteiger charge is 2.40. The van der Waals surface area contributed by atoms with Crippen LogP contribution in [-0.2, 0) is 22.6 Å². The first-order valence-electron chi connectivity index (χ1n) is 9.41. The van der Waals surface area contributed by atoms with E-state index >= 15 is 0 Å². The number of imide groups is 1. The van der Waals surface area contributed by atoms with Crippen LogP contribution in [0.2, 0.25) is 0 Å². The Morgan fingerprint density at radius 2 is 2.14 bits per heavy atom. The first-order valence-corrected chi connectivity index (χ1v) is 9.41. The largest absolute Gasteiger partial charge is 0.322 e. The molecule has 2 N–H and O–H groups in total. The quantitative estimate of drug-likeness (QED) is 0.545. The molecule has 28 heavy (non-hydrogen) atoms. The number of carbonyl (C=O) groups excluding carboxylic acids is 3. The second kappa shape index (κ2) is 7.51. The second-order valence-electron chi connectivity index (χ2n) is 7.06. The molecule has 0 spiro atoms. The maximum Gasteiger partial charge on any atom is 0.255 e. The smallest absolute Gasteiger partial charge is 0.255 e. The Hall–Kier alpha value is -3.07. The molecule has 2 aliphatic rings. The van der Waals surface area contributed by atoms with Gasteiger partial charge in [0.15, 0.2) is 0 Å². The highest BCUT2D eigenvalue weighted by atomic mass is 16.2. The van der Waals surface area contributed by atoms with E-state index in [1.807, 2.05) is 25.4 Å².